The Labute approximate surface area is 948 Å². The van der Waals surface area contributed by atoms with Gasteiger partial charge < -0.3 is 79.9 Å². The van der Waals surface area contributed by atoms with Crippen LogP contribution in [0, 0.1) is 69.0 Å². The molecule has 1 saturated heterocycles. The third-order valence-corrected chi connectivity index (χ3v) is 38.6. The molecular formula is C112H146Cl12O20S4. The second-order valence-corrected chi connectivity index (χ2v) is 51.7. The maximum Gasteiger partial charge on any atom is 0.348 e. The fourth-order valence-electron chi connectivity index (χ4n) is 21.3. The van der Waals surface area contributed by atoms with Gasteiger partial charge in [0.1, 0.15) is 45.9 Å². The Morgan fingerprint density at radius 1 is 0.345 bits per heavy atom. The number of halogens is 12. The van der Waals surface area contributed by atoms with Crippen LogP contribution in [0.1, 0.15) is 255 Å². The molecule has 822 valence electrons. The summed E-state index contributed by atoms with van der Waals surface area (Å²) in [6.45, 7) is 5.63. The van der Waals surface area contributed by atoms with E-state index in [4.69, 9.17) is 163 Å². The predicted octanol–water partition coefficient (Wildman–Crippen LogP) is 26.2. The average Bonchev–Trinajstić information content (AvgIpc) is 1.63. The van der Waals surface area contributed by atoms with E-state index in [0.29, 0.717) is 118 Å². The molecule has 13 rings (SSSR count). The minimum Gasteiger partial charge on any atom is -0.461 e. The molecule has 0 spiro atoms. The van der Waals surface area contributed by atoms with Crippen molar-refractivity contribution in [3.63, 3.8) is 0 Å². The van der Waals surface area contributed by atoms with Crippen molar-refractivity contribution in [2.75, 3.05) is 85.9 Å². The van der Waals surface area contributed by atoms with Gasteiger partial charge in [0.2, 0.25) is 0 Å². The fraction of sp³-hybridized carbons (Fsp3) is 0.607. The van der Waals surface area contributed by atoms with E-state index < -0.39 is 64.0 Å². The van der Waals surface area contributed by atoms with Gasteiger partial charge in [-0.15, -0.1) is 91.8 Å². The smallest absolute Gasteiger partial charge is 0.348 e. The summed E-state index contributed by atoms with van der Waals surface area (Å²) in [5.41, 5.74) is 1.34. The Morgan fingerprint density at radius 2 is 0.615 bits per heavy atom. The number of hydrogen-bond acceptors (Lipinski definition) is 24. The molecule has 11 N–H and O–H groups in total. The molecule has 17 atom stereocenters. The molecule has 4 aliphatic carbocycles. The lowest BCUT2D eigenvalue weighted by atomic mass is 9.84. The molecule has 148 heavy (non-hydrogen) atoms. The number of aliphatic hydroxyl groups is 11. The summed E-state index contributed by atoms with van der Waals surface area (Å²) >= 11 is 81.4. The first-order chi connectivity index (χ1) is 70.9. The van der Waals surface area contributed by atoms with Gasteiger partial charge in [-0.25, -0.2) is 19.2 Å². The molecule has 0 amide bonds. The van der Waals surface area contributed by atoms with Gasteiger partial charge in [0.05, 0.1) is 98.9 Å². The second kappa shape index (κ2) is 63.4. The number of esters is 4. The first-order valence-corrected chi connectivity index (χ1v) is 59.9. The van der Waals surface area contributed by atoms with Gasteiger partial charge in [0.25, 0.3) is 0 Å². The average molecular weight is 2370 g/mol. The van der Waals surface area contributed by atoms with Crippen molar-refractivity contribution >= 4 is 208 Å². The van der Waals surface area contributed by atoms with Crippen LogP contribution in [0.4, 0.5) is 0 Å². The third kappa shape index (κ3) is 38.7. The van der Waals surface area contributed by atoms with Gasteiger partial charge in [-0.2, -0.15) is 0 Å². The monoisotopic (exact) mass is 2360 g/mol. The summed E-state index contributed by atoms with van der Waals surface area (Å²) in [5, 5.41) is 115. The SMILES string of the molecule is CCC(CO)(CO)COC(=O)c1ccc(CCC[C@@H]2[C@@H](CCc3cc(Cl)cc(Cl)c3)[C@H](O)C[C@H]2Cl)s1.CCCC(CO)(CO)COC(=O)c1ccc(CCC[C@@H]2[C@@H](CCc3cc(Cl)cc(Cl)c3)[C@H](O)C[C@H]2Cl)s1.CCCCC(CO)(CO)COC(=O)c1ccc(CCC[C@@H]2[C@@H](CCc3cc(Cl)cc(Cl)c3)[C@H](O)C[C@H]2Cl)s1.O=C(OCC1(CO)CCCOC1)c1ccc(CCC[C@@H]2[C@@H](CCc3cc(Cl)cc(Cl)c3)[C@H](O)C[C@H]2Cl)s1. The molecule has 36 heteroatoms. The number of aryl methyl sites for hydroxylation is 8. The molecule has 0 radical (unpaired) electrons. The highest BCUT2D eigenvalue weighted by molar-refractivity contribution is 7.15. The van der Waals surface area contributed by atoms with E-state index in [1.807, 2.05) is 99.6 Å². The van der Waals surface area contributed by atoms with Gasteiger partial charge in [-0.1, -0.05) is 133 Å². The third-order valence-electron chi connectivity index (χ3n) is 30.3. The van der Waals surface area contributed by atoms with Crippen LogP contribution in [-0.4, -0.2) is 212 Å². The largest absolute Gasteiger partial charge is 0.461 e. The molecule has 0 bridgehead atoms. The molecule has 5 heterocycles. The van der Waals surface area contributed by atoms with Crippen LogP contribution in [0.15, 0.2) is 121 Å². The highest BCUT2D eigenvalue weighted by atomic mass is 35.5. The summed E-state index contributed by atoms with van der Waals surface area (Å²) in [4.78, 5) is 56.7. The summed E-state index contributed by atoms with van der Waals surface area (Å²) in [7, 11) is 0. The Kier molecular flexibility index (Phi) is 54.1. The van der Waals surface area contributed by atoms with Gasteiger partial charge in [0, 0.05) is 87.8 Å². The van der Waals surface area contributed by atoms with Crippen molar-refractivity contribution in [2.45, 2.75) is 272 Å². The lowest BCUT2D eigenvalue weighted by Gasteiger charge is -2.34. The number of rotatable bonds is 53. The summed E-state index contributed by atoms with van der Waals surface area (Å²) < 4.78 is 27.3. The lowest BCUT2D eigenvalue weighted by Crippen LogP contribution is -2.40. The first-order valence-electron chi connectivity index (χ1n) is 51.8. The van der Waals surface area contributed by atoms with Gasteiger partial charge in [-0.05, 0) is 377 Å². The van der Waals surface area contributed by atoms with Crippen LogP contribution in [-0.2, 0) is 75.1 Å². The van der Waals surface area contributed by atoms with Crippen LogP contribution in [0.5, 0.6) is 0 Å². The highest BCUT2D eigenvalue weighted by Crippen LogP contribution is 2.48. The molecule has 4 aromatic carbocycles. The number of carbonyl (C=O) groups excluding carboxylic acids is 4. The Balaban J connectivity index is 0.000000202. The summed E-state index contributed by atoms with van der Waals surface area (Å²) in [6, 6.07) is 37.1. The number of hydrogen-bond donors (Lipinski definition) is 11. The number of benzene rings is 4. The molecule has 8 aromatic rings. The van der Waals surface area contributed by atoms with Crippen LogP contribution in [0.3, 0.4) is 0 Å². The van der Waals surface area contributed by atoms with E-state index in [9.17, 15) is 75.3 Å². The van der Waals surface area contributed by atoms with Crippen LogP contribution in [0.2, 0.25) is 40.2 Å². The quantitative estimate of drug-likeness (QED) is 0.00958. The van der Waals surface area contributed by atoms with E-state index >= 15 is 0 Å². The first kappa shape index (κ1) is 126. The Morgan fingerprint density at radius 3 is 0.858 bits per heavy atom. The normalized spacial score (nSPS) is 23.4. The fourth-order valence-corrected chi connectivity index (χ4v) is 29.3. The summed E-state index contributed by atoms with van der Waals surface area (Å²) in [5.74, 6) is -0.244. The second-order valence-electron chi connectivity index (χ2n) is 41.3. The molecule has 1 aliphatic heterocycles. The van der Waals surface area contributed by atoms with Crippen molar-refractivity contribution in [2.24, 2.45) is 69.0 Å². The number of aliphatic hydroxyl groups excluding tert-OH is 11. The minimum absolute atomic E-state index is 0.00400. The van der Waals surface area contributed by atoms with E-state index in [0.717, 1.165) is 202 Å². The van der Waals surface area contributed by atoms with E-state index in [1.54, 1.807) is 42.5 Å². The molecule has 4 saturated carbocycles. The van der Waals surface area contributed by atoms with Crippen molar-refractivity contribution in [1.29, 1.82) is 0 Å². The molecular weight excluding hydrogens is 2220 g/mol. The number of carbonyl (C=O) groups is 4. The number of thiophene rings is 4. The minimum atomic E-state index is -0.810. The maximum atomic E-state index is 12.6. The van der Waals surface area contributed by atoms with Crippen LogP contribution in [0.25, 0.3) is 0 Å². The predicted molar refractivity (Wildman–Crippen MR) is 602 cm³/mol. The number of ether oxygens (including phenoxy) is 5. The molecule has 5 aliphatic rings. The molecule has 20 nitrogen and oxygen atoms in total. The maximum absolute atomic E-state index is 12.6. The Hall–Kier alpha value is -3.44. The van der Waals surface area contributed by atoms with E-state index in [1.165, 1.54) is 45.3 Å². The molecule has 4 aromatic heterocycles. The van der Waals surface area contributed by atoms with E-state index in [-0.39, 0.29) is 147 Å². The topological polar surface area (TPSA) is 337 Å². The zero-order chi connectivity index (χ0) is 107. The summed E-state index contributed by atoms with van der Waals surface area (Å²) in [6.07, 6.45) is 23.7. The number of alkyl halides is 4. The molecule has 1 unspecified atom stereocenters. The zero-order valence-corrected chi connectivity index (χ0v) is 96.7. The van der Waals surface area contributed by atoms with Crippen LogP contribution < -0.4 is 0 Å². The number of unbranched alkanes of at least 4 members (excludes halogenated alkanes) is 1. The lowest BCUT2D eigenvalue weighted by molar-refractivity contribution is -0.0716. The van der Waals surface area contributed by atoms with E-state index in [2.05, 4.69) is 0 Å². The zero-order valence-electron chi connectivity index (χ0n) is 84.4. The van der Waals surface area contributed by atoms with Crippen molar-refractivity contribution in [3.8, 4) is 0 Å². The Bertz CT molecular complexity index is 5110. The van der Waals surface area contributed by atoms with Gasteiger partial charge in [-0.3, -0.25) is 0 Å². The highest BCUT2D eigenvalue weighted by Gasteiger charge is 2.46. The standard InChI is InChI=1S/C29H39Cl3O5S.C28H35Cl3O5S.C28H37Cl3O5S.C27H35Cl3O5S/c1-2-3-11-29(16-33,17-34)18-37-28(36)27-10-8-22(38-27)5-4-6-23-24(26(35)15-25(23)32)9-7-19-12-20(30)14-21(31)13-19;29-19-11-18(12-20(30)13-19)5-7-23-22(24(31)14-25(23)33)4-1-3-21-6-8-26(37-21)27(34)36-17-28(15-32)9-2-10-35-16-28;1-2-10-28(15-32,16-33)17-36-27(35)26-9-7-21(37-26)4-3-5-22-23(25(34)14-24(22)31)8-6-18-11-19(29)13-20(30)12-18;1-2-27(14-31,15-32)16-35-26(34)25-9-7-20(36-25)4-3-5-21-22(24(33)13-23(21)30)8-6-17-10-18(28)12-19(29)11-17/h8,10,12-14,23-26,33-35H,2-7,9,11,15-18H2,1H3;6,8,11-13,22-25,32-33H,1-5,7,9-10,14-17H2;7,9,11-13,22-25,32-34H,2-6,8,10,14-17H2,1H3;7,9-12,21-24,31-33H,2-6,8,13-16H2,1H3/t23-,24-,25-,26-;22-,23-,24-,25-,28?;22-,23-,24-,25-;21-,22-,23-,24-/m1111/s1. The molecule has 5 fully saturated rings. The van der Waals surface area contributed by atoms with Crippen LogP contribution >= 0.6 is 185 Å². The van der Waals surface area contributed by atoms with Crippen molar-refractivity contribution in [1.82, 2.24) is 0 Å². The van der Waals surface area contributed by atoms with Gasteiger partial charge in [0.15, 0.2) is 0 Å². The van der Waals surface area contributed by atoms with Crippen molar-refractivity contribution in [3.05, 3.63) is 223 Å². The van der Waals surface area contributed by atoms with Gasteiger partial charge >= 0.3 is 23.9 Å². The van der Waals surface area contributed by atoms with Crippen molar-refractivity contribution < 1.29 is 99.0 Å².